The normalized spacial score (nSPS) is 12.0. The van der Waals surface area contributed by atoms with Crippen molar-refractivity contribution in [3.05, 3.63) is 0 Å². The molecular formula is C15H32O2. The standard InChI is InChI=1S/C15H32O2/c1-5-7-8-9-10-11-12-14-15(16-3,17-4)13-6-2/h5-14H2,1-4H3. The van der Waals surface area contributed by atoms with E-state index in [-0.39, 0.29) is 5.79 Å². The lowest BCUT2D eigenvalue weighted by Gasteiger charge is -2.30. The van der Waals surface area contributed by atoms with Gasteiger partial charge in [-0.05, 0) is 6.42 Å². The molecule has 0 amide bonds. The Bertz CT molecular complexity index is 153. The second-order valence-corrected chi connectivity index (χ2v) is 4.94. The van der Waals surface area contributed by atoms with Gasteiger partial charge in [0.25, 0.3) is 0 Å². The minimum atomic E-state index is -0.321. The molecule has 0 unspecified atom stereocenters. The molecule has 0 aromatic carbocycles. The maximum atomic E-state index is 5.55. The van der Waals surface area contributed by atoms with Crippen molar-refractivity contribution in [1.29, 1.82) is 0 Å². The fourth-order valence-corrected chi connectivity index (χ4v) is 2.35. The summed E-state index contributed by atoms with van der Waals surface area (Å²) in [6.45, 7) is 4.44. The first-order chi connectivity index (χ1) is 8.24. The summed E-state index contributed by atoms with van der Waals surface area (Å²) in [5.41, 5.74) is 0. The Morgan fingerprint density at radius 1 is 0.647 bits per heavy atom. The van der Waals surface area contributed by atoms with E-state index in [1.165, 1.54) is 44.9 Å². The van der Waals surface area contributed by atoms with Gasteiger partial charge >= 0.3 is 0 Å². The fourth-order valence-electron chi connectivity index (χ4n) is 2.35. The Kier molecular flexibility index (Phi) is 11.0. The molecule has 104 valence electrons. The quantitative estimate of drug-likeness (QED) is 0.358. The van der Waals surface area contributed by atoms with Crippen LogP contribution in [0.5, 0.6) is 0 Å². The second kappa shape index (κ2) is 11.0. The van der Waals surface area contributed by atoms with Gasteiger partial charge in [0.05, 0.1) is 0 Å². The molecule has 0 aromatic rings. The number of rotatable bonds is 12. The van der Waals surface area contributed by atoms with Crippen LogP contribution in [0.2, 0.25) is 0 Å². The van der Waals surface area contributed by atoms with Gasteiger partial charge in [-0.15, -0.1) is 0 Å². The lowest BCUT2D eigenvalue weighted by atomic mass is 10.0. The SMILES string of the molecule is CCCCCCCCCC(CCC)(OC)OC. The predicted octanol–water partition coefficient (Wildman–Crippen LogP) is 4.92. The third-order valence-corrected chi connectivity index (χ3v) is 3.54. The smallest absolute Gasteiger partial charge is 0.167 e. The molecule has 0 fully saturated rings. The van der Waals surface area contributed by atoms with Crippen molar-refractivity contribution >= 4 is 0 Å². The summed E-state index contributed by atoms with van der Waals surface area (Å²) in [5.74, 6) is -0.321. The minimum Gasteiger partial charge on any atom is -0.353 e. The van der Waals surface area contributed by atoms with Crippen molar-refractivity contribution in [2.24, 2.45) is 0 Å². The van der Waals surface area contributed by atoms with Crippen LogP contribution in [0.15, 0.2) is 0 Å². The average Bonchev–Trinajstić information content (AvgIpc) is 2.36. The molecular weight excluding hydrogens is 212 g/mol. The third kappa shape index (κ3) is 7.77. The summed E-state index contributed by atoms with van der Waals surface area (Å²) in [6, 6.07) is 0. The molecule has 0 bridgehead atoms. The molecule has 0 saturated heterocycles. The Hall–Kier alpha value is -0.0800. The highest BCUT2D eigenvalue weighted by molar-refractivity contribution is 4.68. The summed E-state index contributed by atoms with van der Waals surface area (Å²) in [5, 5.41) is 0. The van der Waals surface area contributed by atoms with E-state index in [0.29, 0.717) is 0 Å². The Morgan fingerprint density at radius 3 is 1.65 bits per heavy atom. The average molecular weight is 244 g/mol. The lowest BCUT2D eigenvalue weighted by molar-refractivity contribution is -0.215. The highest BCUT2D eigenvalue weighted by Gasteiger charge is 2.27. The summed E-state index contributed by atoms with van der Waals surface area (Å²) in [7, 11) is 3.53. The zero-order chi connectivity index (χ0) is 13.0. The van der Waals surface area contributed by atoms with Crippen molar-refractivity contribution in [3.8, 4) is 0 Å². The summed E-state index contributed by atoms with van der Waals surface area (Å²) >= 11 is 0. The van der Waals surface area contributed by atoms with Crippen LogP contribution in [-0.2, 0) is 9.47 Å². The summed E-state index contributed by atoms with van der Waals surface area (Å²) < 4.78 is 11.1. The van der Waals surface area contributed by atoms with Crippen LogP contribution in [0.25, 0.3) is 0 Å². The van der Waals surface area contributed by atoms with Crippen LogP contribution >= 0.6 is 0 Å². The van der Waals surface area contributed by atoms with E-state index in [9.17, 15) is 0 Å². The molecule has 0 spiro atoms. The second-order valence-electron chi connectivity index (χ2n) is 4.94. The molecule has 0 heterocycles. The molecule has 0 rings (SSSR count). The monoisotopic (exact) mass is 244 g/mol. The first kappa shape index (κ1) is 16.9. The molecule has 0 aliphatic heterocycles. The van der Waals surface area contributed by atoms with Gasteiger partial charge in [-0.1, -0.05) is 58.8 Å². The number of unbranched alkanes of at least 4 members (excludes halogenated alkanes) is 6. The maximum Gasteiger partial charge on any atom is 0.167 e. The van der Waals surface area contributed by atoms with E-state index in [2.05, 4.69) is 13.8 Å². The minimum absolute atomic E-state index is 0.321. The van der Waals surface area contributed by atoms with Gasteiger partial charge in [0.1, 0.15) is 0 Å². The van der Waals surface area contributed by atoms with Crippen molar-refractivity contribution in [3.63, 3.8) is 0 Å². The van der Waals surface area contributed by atoms with E-state index < -0.39 is 0 Å². The van der Waals surface area contributed by atoms with Gasteiger partial charge in [0.2, 0.25) is 0 Å². The van der Waals surface area contributed by atoms with Crippen molar-refractivity contribution in [2.45, 2.75) is 83.8 Å². The third-order valence-electron chi connectivity index (χ3n) is 3.54. The van der Waals surface area contributed by atoms with Gasteiger partial charge in [-0.3, -0.25) is 0 Å². The fraction of sp³-hybridized carbons (Fsp3) is 1.00. The topological polar surface area (TPSA) is 18.5 Å². The highest BCUT2D eigenvalue weighted by atomic mass is 16.7. The number of ether oxygens (including phenoxy) is 2. The zero-order valence-corrected chi connectivity index (χ0v) is 12.4. The van der Waals surface area contributed by atoms with E-state index in [4.69, 9.17) is 9.47 Å². The molecule has 0 N–H and O–H groups in total. The molecule has 0 atom stereocenters. The van der Waals surface area contributed by atoms with Crippen LogP contribution in [0.1, 0.15) is 78.1 Å². The summed E-state index contributed by atoms with van der Waals surface area (Å²) in [4.78, 5) is 0. The van der Waals surface area contributed by atoms with Crippen molar-refractivity contribution < 1.29 is 9.47 Å². The van der Waals surface area contributed by atoms with Crippen LogP contribution in [0, 0.1) is 0 Å². The van der Waals surface area contributed by atoms with E-state index in [1.54, 1.807) is 14.2 Å². The Labute approximate surface area is 108 Å². The van der Waals surface area contributed by atoms with E-state index >= 15 is 0 Å². The van der Waals surface area contributed by atoms with Gasteiger partial charge in [-0.25, -0.2) is 0 Å². The van der Waals surface area contributed by atoms with Crippen LogP contribution < -0.4 is 0 Å². The predicted molar refractivity (Wildman–Crippen MR) is 74.3 cm³/mol. The Balaban J connectivity index is 3.61. The molecule has 2 heteroatoms. The molecule has 0 radical (unpaired) electrons. The molecule has 2 nitrogen and oxygen atoms in total. The van der Waals surface area contributed by atoms with Crippen molar-refractivity contribution in [1.82, 2.24) is 0 Å². The highest BCUT2D eigenvalue weighted by Crippen LogP contribution is 2.25. The molecule has 0 saturated carbocycles. The van der Waals surface area contributed by atoms with Gasteiger partial charge in [0.15, 0.2) is 5.79 Å². The first-order valence-corrected chi connectivity index (χ1v) is 7.35. The van der Waals surface area contributed by atoms with Gasteiger partial charge in [0, 0.05) is 27.1 Å². The zero-order valence-electron chi connectivity index (χ0n) is 12.4. The van der Waals surface area contributed by atoms with Crippen LogP contribution in [0.4, 0.5) is 0 Å². The molecule has 0 aliphatic carbocycles. The molecule has 0 aromatic heterocycles. The lowest BCUT2D eigenvalue weighted by Crippen LogP contribution is -2.33. The van der Waals surface area contributed by atoms with Crippen LogP contribution in [0.3, 0.4) is 0 Å². The van der Waals surface area contributed by atoms with Crippen molar-refractivity contribution in [2.75, 3.05) is 14.2 Å². The largest absolute Gasteiger partial charge is 0.353 e. The number of hydrogen-bond acceptors (Lipinski definition) is 2. The number of methoxy groups -OCH3 is 2. The van der Waals surface area contributed by atoms with E-state index in [0.717, 1.165) is 19.3 Å². The number of hydrogen-bond donors (Lipinski definition) is 0. The molecule has 0 aliphatic rings. The first-order valence-electron chi connectivity index (χ1n) is 7.35. The van der Waals surface area contributed by atoms with E-state index in [1.807, 2.05) is 0 Å². The molecule has 17 heavy (non-hydrogen) atoms. The van der Waals surface area contributed by atoms with Gasteiger partial charge < -0.3 is 9.47 Å². The maximum absolute atomic E-state index is 5.55. The Morgan fingerprint density at radius 2 is 1.18 bits per heavy atom. The van der Waals surface area contributed by atoms with Gasteiger partial charge in [-0.2, -0.15) is 0 Å². The summed E-state index contributed by atoms with van der Waals surface area (Å²) in [6.07, 6.45) is 12.5. The van der Waals surface area contributed by atoms with Crippen LogP contribution in [-0.4, -0.2) is 20.0 Å².